The molecule has 0 bridgehead atoms. The van der Waals surface area contributed by atoms with Gasteiger partial charge < -0.3 is 15.4 Å². The minimum atomic E-state index is -0.548. The van der Waals surface area contributed by atoms with Crippen molar-refractivity contribution in [2.75, 3.05) is 30.9 Å². The molecule has 0 saturated carbocycles. The number of anilines is 2. The van der Waals surface area contributed by atoms with E-state index in [0.717, 1.165) is 0 Å². The van der Waals surface area contributed by atoms with Crippen molar-refractivity contribution in [3.8, 4) is 0 Å². The number of carbonyl (C=O) groups excluding carboxylic acids is 2. The monoisotopic (exact) mass is 357 g/mol. The van der Waals surface area contributed by atoms with Gasteiger partial charge in [-0.25, -0.2) is 0 Å². The molecule has 0 aromatic heterocycles. The van der Waals surface area contributed by atoms with E-state index in [9.17, 15) is 19.7 Å². The van der Waals surface area contributed by atoms with Crippen molar-refractivity contribution in [3.05, 3.63) is 63.7 Å². The van der Waals surface area contributed by atoms with Crippen LogP contribution < -0.4 is 10.6 Å². The Balaban J connectivity index is 2.16. The smallest absolute Gasteiger partial charge is 0.293 e. The number of nitrogens with zero attached hydrogens (tertiary/aromatic N) is 1. The van der Waals surface area contributed by atoms with E-state index in [2.05, 4.69) is 10.6 Å². The lowest BCUT2D eigenvalue weighted by Gasteiger charge is -2.09. The van der Waals surface area contributed by atoms with E-state index in [-0.39, 0.29) is 17.0 Å². The molecule has 8 nitrogen and oxygen atoms in total. The zero-order valence-corrected chi connectivity index (χ0v) is 14.4. The van der Waals surface area contributed by atoms with Crippen LogP contribution in [0.25, 0.3) is 0 Å². The largest absolute Gasteiger partial charge is 0.383 e. The van der Waals surface area contributed by atoms with E-state index in [1.165, 1.54) is 32.2 Å². The van der Waals surface area contributed by atoms with Crippen LogP contribution in [0.15, 0.2) is 42.5 Å². The summed E-state index contributed by atoms with van der Waals surface area (Å²) in [6.45, 7) is 2.26. The summed E-state index contributed by atoms with van der Waals surface area (Å²) in [5.74, 6) is -0.554. The molecule has 2 rings (SSSR count). The van der Waals surface area contributed by atoms with Crippen LogP contribution in [0, 0.1) is 10.1 Å². The number of benzene rings is 2. The summed E-state index contributed by atoms with van der Waals surface area (Å²) < 4.78 is 4.90. The van der Waals surface area contributed by atoms with Gasteiger partial charge in [0.25, 0.3) is 11.6 Å². The van der Waals surface area contributed by atoms with E-state index in [1.54, 1.807) is 24.3 Å². The van der Waals surface area contributed by atoms with Crippen LogP contribution in [0.2, 0.25) is 0 Å². The van der Waals surface area contributed by atoms with Gasteiger partial charge in [-0.05, 0) is 43.3 Å². The zero-order chi connectivity index (χ0) is 19.1. The number of nitrogens with one attached hydrogen (secondary N) is 2. The number of ketones is 1. The van der Waals surface area contributed by atoms with Crippen LogP contribution in [0.3, 0.4) is 0 Å². The summed E-state index contributed by atoms with van der Waals surface area (Å²) >= 11 is 0. The standard InChI is InChI=1S/C18H19N3O5/c1-12(22)13-3-6-15(7-4-13)20-18(23)14-5-8-16(19-9-10-26-2)17(11-14)21(24)25/h3-8,11,19H,9-10H2,1-2H3,(H,20,23). The number of hydrogen-bond acceptors (Lipinski definition) is 6. The summed E-state index contributed by atoms with van der Waals surface area (Å²) in [6, 6.07) is 10.6. The molecule has 0 radical (unpaired) electrons. The first kappa shape index (κ1) is 19.1. The highest BCUT2D eigenvalue weighted by Crippen LogP contribution is 2.26. The third-order valence-corrected chi connectivity index (χ3v) is 3.63. The summed E-state index contributed by atoms with van der Waals surface area (Å²) in [4.78, 5) is 34.3. The van der Waals surface area contributed by atoms with Gasteiger partial charge in [-0.2, -0.15) is 0 Å². The number of ether oxygens (including phenoxy) is 1. The number of nitro groups is 1. The van der Waals surface area contributed by atoms with Crippen LogP contribution in [0.1, 0.15) is 27.6 Å². The number of methoxy groups -OCH3 is 1. The van der Waals surface area contributed by atoms with Crippen LogP contribution in [0.5, 0.6) is 0 Å². The molecule has 0 atom stereocenters. The maximum absolute atomic E-state index is 12.3. The fraction of sp³-hybridized carbons (Fsp3) is 0.222. The Morgan fingerprint density at radius 2 is 1.77 bits per heavy atom. The Hall–Kier alpha value is -3.26. The lowest BCUT2D eigenvalue weighted by atomic mass is 10.1. The zero-order valence-electron chi connectivity index (χ0n) is 14.4. The minimum absolute atomic E-state index is 0.0740. The van der Waals surface area contributed by atoms with E-state index in [4.69, 9.17) is 4.74 Å². The van der Waals surface area contributed by atoms with Crippen molar-refractivity contribution in [1.29, 1.82) is 0 Å². The van der Waals surface area contributed by atoms with Gasteiger partial charge in [-0.3, -0.25) is 19.7 Å². The molecule has 0 spiro atoms. The summed E-state index contributed by atoms with van der Waals surface area (Å²) in [5, 5.41) is 16.8. The van der Waals surface area contributed by atoms with E-state index in [0.29, 0.717) is 30.1 Å². The molecule has 0 aliphatic carbocycles. The van der Waals surface area contributed by atoms with Crippen molar-refractivity contribution in [2.45, 2.75) is 6.92 Å². The Bertz CT molecular complexity index is 818. The molecule has 0 fully saturated rings. The molecule has 2 N–H and O–H groups in total. The molecule has 1 amide bonds. The predicted octanol–water partition coefficient (Wildman–Crippen LogP) is 3.11. The first-order valence-corrected chi connectivity index (χ1v) is 7.86. The van der Waals surface area contributed by atoms with Gasteiger partial charge in [0.2, 0.25) is 0 Å². The Kier molecular flexibility index (Phi) is 6.40. The number of rotatable bonds is 8. The molecule has 136 valence electrons. The lowest BCUT2D eigenvalue weighted by Crippen LogP contribution is -2.13. The molecule has 0 heterocycles. The average Bonchev–Trinajstić information content (AvgIpc) is 2.62. The van der Waals surface area contributed by atoms with Gasteiger partial charge in [0.05, 0.1) is 11.5 Å². The maximum atomic E-state index is 12.3. The summed E-state index contributed by atoms with van der Waals surface area (Å²) in [7, 11) is 1.53. The highest BCUT2D eigenvalue weighted by molar-refractivity contribution is 6.05. The van der Waals surface area contributed by atoms with E-state index < -0.39 is 10.8 Å². The molecular weight excluding hydrogens is 338 g/mol. The molecule has 8 heteroatoms. The number of nitro benzene ring substituents is 1. The van der Waals surface area contributed by atoms with Crippen LogP contribution in [0.4, 0.5) is 17.1 Å². The van der Waals surface area contributed by atoms with E-state index >= 15 is 0 Å². The third-order valence-electron chi connectivity index (χ3n) is 3.63. The molecule has 0 aliphatic rings. The topological polar surface area (TPSA) is 111 Å². The molecule has 26 heavy (non-hydrogen) atoms. The van der Waals surface area contributed by atoms with Crippen molar-refractivity contribution >= 4 is 28.8 Å². The van der Waals surface area contributed by atoms with Crippen molar-refractivity contribution in [1.82, 2.24) is 0 Å². The van der Waals surface area contributed by atoms with Gasteiger partial charge >= 0.3 is 0 Å². The van der Waals surface area contributed by atoms with Gasteiger partial charge in [0.1, 0.15) is 5.69 Å². The second kappa shape index (κ2) is 8.72. The van der Waals surface area contributed by atoms with Gasteiger partial charge in [0.15, 0.2) is 5.78 Å². The molecule has 0 saturated heterocycles. The number of carbonyl (C=O) groups is 2. The first-order chi connectivity index (χ1) is 12.4. The molecule has 2 aromatic rings. The number of amides is 1. The van der Waals surface area contributed by atoms with Gasteiger partial charge in [-0.1, -0.05) is 0 Å². The van der Waals surface area contributed by atoms with Crippen molar-refractivity contribution in [2.24, 2.45) is 0 Å². The SMILES string of the molecule is COCCNc1ccc(C(=O)Nc2ccc(C(C)=O)cc2)cc1[N+](=O)[O-]. The summed E-state index contributed by atoms with van der Waals surface area (Å²) in [5.41, 5.74) is 1.30. The Labute approximate surface area is 150 Å². The van der Waals surface area contributed by atoms with Crippen LogP contribution >= 0.6 is 0 Å². The van der Waals surface area contributed by atoms with Crippen LogP contribution in [-0.2, 0) is 4.74 Å². The second-order valence-electron chi connectivity index (χ2n) is 5.50. The minimum Gasteiger partial charge on any atom is -0.383 e. The fourth-order valence-corrected chi connectivity index (χ4v) is 2.25. The van der Waals surface area contributed by atoms with Gasteiger partial charge in [0, 0.05) is 36.5 Å². The first-order valence-electron chi connectivity index (χ1n) is 7.86. The highest BCUT2D eigenvalue weighted by atomic mass is 16.6. The fourth-order valence-electron chi connectivity index (χ4n) is 2.25. The molecular formula is C18H19N3O5. The quantitative estimate of drug-likeness (QED) is 0.325. The predicted molar refractivity (Wildman–Crippen MR) is 97.9 cm³/mol. The van der Waals surface area contributed by atoms with Gasteiger partial charge in [-0.15, -0.1) is 0 Å². The highest BCUT2D eigenvalue weighted by Gasteiger charge is 2.17. The van der Waals surface area contributed by atoms with Crippen molar-refractivity contribution in [3.63, 3.8) is 0 Å². The Morgan fingerprint density at radius 1 is 1.12 bits per heavy atom. The lowest BCUT2D eigenvalue weighted by molar-refractivity contribution is -0.384. The second-order valence-corrected chi connectivity index (χ2v) is 5.50. The number of hydrogen-bond donors (Lipinski definition) is 2. The molecule has 0 aliphatic heterocycles. The molecule has 0 unspecified atom stereocenters. The molecule has 2 aromatic carbocycles. The maximum Gasteiger partial charge on any atom is 0.293 e. The van der Waals surface area contributed by atoms with E-state index in [1.807, 2.05) is 0 Å². The Morgan fingerprint density at radius 3 is 2.35 bits per heavy atom. The summed E-state index contributed by atoms with van der Waals surface area (Å²) in [6.07, 6.45) is 0. The normalized spacial score (nSPS) is 10.2. The van der Waals surface area contributed by atoms with Crippen molar-refractivity contribution < 1.29 is 19.2 Å². The average molecular weight is 357 g/mol. The third kappa shape index (κ3) is 4.87. The van der Waals surface area contributed by atoms with Crippen LogP contribution in [-0.4, -0.2) is 36.9 Å². The number of Topliss-reactive ketones (excluding diaryl/α,β-unsaturated/α-hetero) is 1.